The van der Waals surface area contributed by atoms with E-state index in [0.717, 1.165) is 17.7 Å². The lowest BCUT2D eigenvalue weighted by Crippen LogP contribution is -2.32. The second-order valence-corrected chi connectivity index (χ2v) is 9.56. The lowest BCUT2D eigenvalue weighted by molar-refractivity contribution is 0.323. The van der Waals surface area contributed by atoms with Crippen LogP contribution in [-0.2, 0) is 6.42 Å². The number of benzene rings is 1. The van der Waals surface area contributed by atoms with Gasteiger partial charge >= 0.3 is 0 Å². The molecule has 1 aromatic heterocycles. The van der Waals surface area contributed by atoms with Crippen molar-refractivity contribution in [3.63, 3.8) is 0 Å². The van der Waals surface area contributed by atoms with Gasteiger partial charge in [0, 0.05) is 26.3 Å². The Bertz CT molecular complexity index is 741. The number of nitrogens with one attached hydrogen (secondary N) is 2. The van der Waals surface area contributed by atoms with E-state index >= 15 is 0 Å². The smallest absolute Gasteiger partial charge is 0.224 e. The molecule has 0 spiro atoms. The summed E-state index contributed by atoms with van der Waals surface area (Å²) in [6, 6.07) is 13.3. The van der Waals surface area contributed by atoms with Crippen LogP contribution < -0.4 is 15.5 Å². The molecule has 0 aliphatic heterocycles. The van der Waals surface area contributed by atoms with Crippen molar-refractivity contribution >= 4 is 11.8 Å². The van der Waals surface area contributed by atoms with Gasteiger partial charge in [-0.15, -0.1) is 0 Å². The number of anilines is 2. The van der Waals surface area contributed by atoms with Crippen LogP contribution in [0.1, 0.15) is 69.8 Å². The van der Waals surface area contributed by atoms with Gasteiger partial charge in [-0.1, -0.05) is 56.0 Å². The van der Waals surface area contributed by atoms with Gasteiger partial charge in [0.2, 0.25) is 5.95 Å². The predicted octanol–water partition coefficient (Wildman–Crippen LogP) is 5.69. The van der Waals surface area contributed by atoms with E-state index in [0.29, 0.717) is 6.04 Å². The Hall–Kier alpha value is -2.14. The molecule has 0 amide bonds. The number of hydrogen-bond acceptors (Lipinski definition) is 5. The summed E-state index contributed by atoms with van der Waals surface area (Å²) in [6.45, 7) is 2.35. The van der Waals surface area contributed by atoms with Crippen molar-refractivity contribution < 1.29 is 0 Å². The molecule has 32 heavy (non-hydrogen) atoms. The maximum Gasteiger partial charge on any atom is 0.224 e. The number of hydrogen-bond donors (Lipinski definition) is 2. The fourth-order valence-corrected chi connectivity index (χ4v) is 4.60. The van der Waals surface area contributed by atoms with Crippen LogP contribution in [0.3, 0.4) is 0 Å². The minimum atomic E-state index is 0.505. The first-order valence-corrected chi connectivity index (χ1v) is 12.7. The molecule has 0 saturated heterocycles. The molecule has 0 atom stereocenters. The first-order chi connectivity index (χ1) is 15.7. The highest BCUT2D eigenvalue weighted by Crippen LogP contribution is 2.25. The lowest BCUT2D eigenvalue weighted by Gasteiger charge is -2.29. The fraction of sp³-hybridized carbons (Fsp3) is 0.630. The summed E-state index contributed by atoms with van der Waals surface area (Å²) in [6.07, 6.45) is 16.2. The largest absolute Gasteiger partial charge is 0.363 e. The normalized spacial score (nSPS) is 18.4. The molecular weight excluding hydrogens is 394 g/mol. The first kappa shape index (κ1) is 24.5. The third-order valence-electron chi connectivity index (χ3n) is 6.62. The molecule has 1 aliphatic carbocycles. The van der Waals surface area contributed by atoms with Gasteiger partial charge in [-0.2, -0.15) is 4.98 Å². The maximum atomic E-state index is 4.59. The summed E-state index contributed by atoms with van der Waals surface area (Å²) in [5.74, 6) is 2.53. The predicted molar refractivity (Wildman–Crippen MR) is 136 cm³/mol. The average Bonchev–Trinajstić information content (AvgIpc) is 2.82. The monoisotopic (exact) mass is 437 g/mol. The quantitative estimate of drug-likeness (QED) is 0.372. The Morgan fingerprint density at radius 2 is 1.59 bits per heavy atom. The minimum absolute atomic E-state index is 0.505. The Labute approximate surface area is 195 Å². The summed E-state index contributed by atoms with van der Waals surface area (Å²) in [5.41, 5.74) is 1.48. The third-order valence-corrected chi connectivity index (χ3v) is 6.62. The van der Waals surface area contributed by atoms with E-state index < -0.39 is 0 Å². The van der Waals surface area contributed by atoms with Crippen LogP contribution >= 0.6 is 0 Å². The van der Waals surface area contributed by atoms with E-state index in [2.05, 4.69) is 50.9 Å². The van der Waals surface area contributed by atoms with E-state index in [4.69, 9.17) is 0 Å². The highest BCUT2D eigenvalue weighted by atomic mass is 15.2. The molecule has 2 aromatic rings. The third kappa shape index (κ3) is 9.15. The summed E-state index contributed by atoms with van der Waals surface area (Å²) in [5, 5.41) is 7.25. The van der Waals surface area contributed by atoms with Gasteiger partial charge in [0.1, 0.15) is 5.82 Å². The standard InChI is InChI=1S/C27H43N5/c1-32(2)26-19-21-29-27(31-26)30-25-17-15-24(16-18-25)22-28-20-11-6-4-3-5-8-12-23-13-9-7-10-14-23/h7,9-10,13-14,19,21,24-25,28H,3-6,8,11-12,15-18,20,22H2,1-2H3,(H,29,30,31)/t24-,25+. The van der Waals surface area contributed by atoms with E-state index in [9.17, 15) is 0 Å². The molecule has 5 nitrogen and oxygen atoms in total. The molecule has 0 bridgehead atoms. The van der Waals surface area contributed by atoms with Crippen molar-refractivity contribution in [2.24, 2.45) is 5.92 Å². The van der Waals surface area contributed by atoms with Crippen LogP contribution in [0.5, 0.6) is 0 Å². The topological polar surface area (TPSA) is 53.1 Å². The van der Waals surface area contributed by atoms with Crippen LogP contribution in [0, 0.1) is 5.92 Å². The van der Waals surface area contributed by atoms with Gasteiger partial charge < -0.3 is 15.5 Å². The molecular formula is C27H43N5. The number of aromatic nitrogens is 2. The van der Waals surface area contributed by atoms with Gasteiger partial charge in [-0.05, 0) is 75.6 Å². The molecule has 1 aliphatic rings. The van der Waals surface area contributed by atoms with Gasteiger partial charge in [0.05, 0.1) is 0 Å². The molecule has 2 N–H and O–H groups in total. The van der Waals surface area contributed by atoms with Crippen LogP contribution in [0.4, 0.5) is 11.8 Å². The number of aryl methyl sites for hydroxylation is 1. The van der Waals surface area contributed by atoms with Crippen molar-refractivity contribution in [2.75, 3.05) is 37.4 Å². The van der Waals surface area contributed by atoms with Gasteiger partial charge in [0.15, 0.2) is 0 Å². The summed E-state index contributed by atoms with van der Waals surface area (Å²) < 4.78 is 0. The number of unbranched alkanes of at least 4 members (excludes halogenated alkanes) is 5. The Morgan fingerprint density at radius 3 is 2.34 bits per heavy atom. The molecule has 1 aromatic carbocycles. The maximum absolute atomic E-state index is 4.59. The second kappa shape index (κ2) is 14.1. The molecule has 5 heteroatoms. The van der Waals surface area contributed by atoms with Crippen molar-refractivity contribution in [3.8, 4) is 0 Å². The molecule has 1 fully saturated rings. The van der Waals surface area contributed by atoms with Crippen molar-refractivity contribution in [1.82, 2.24) is 15.3 Å². The molecule has 0 unspecified atom stereocenters. The number of nitrogens with zero attached hydrogens (tertiary/aromatic N) is 3. The van der Waals surface area contributed by atoms with Gasteiger partial charge in [-0.3, -0.25) is 0 Å². The Kier molecular flexibility index (Phi) is 10.8. The van der Waals surface area contributed by atoms with Crippen molar-refractivity contribution in [1.29, 1.82) is 0 Å². The van der Waals surface area contributed by atoms with E-state index in [1.54, 1.807) is 0 Å². The minimum Gasteiger partial charge on any atom is -0.363 e. The fourth-order valence-electron chi connectivity index (χ4n) is 4.60. The molecule has 1 saturated carbocycles. The second-order valence-electron chi connectivity index (χ2n) is 9.56. The lowest BCUT2D eigenvalue weighted by atomic mass is 9.86. The van der Waals surface area contributed by atoms with Crippen molar-refractivity contribution in [3.05, 3.63) is 48.2 Å². The van der Waals surface area contributed by atoms with Crippen LogP contribution in [0.15, 0.2) is 42.6 Å². The van der Waals surface area contributed by atoms with Gasteiger partial charge in [-0.25, -0.2) is 4.98 Å². The van der Waals surface area contributed by atoms with E-state index in [1.165, 1.54) is 89.3 Å². The summed E-state index contributed by atoms with van der Waals surface area (Å²) in [4.78, 5) is 11.0. The summed E-state index contributed by atoms with van der Waals surface area (Å²) >= 11 is 0. The molecule has 176 valence electrons. The molecule has 0 radical (unpaired) electrons. The zero-order chi connectivity index (χ0) is 22.4. The van der Waals surface area contributed by atoms with Crippen molar-refractivity contribution in [2.45, 2.75) is 76.7 Å². The molecule has 3 rings (SSSR count). The molecule has 1 heterocycles. The van der Waals surface area contributed by atoms with E-state index in [1.807, 2.05) is 31.3 Å². The zero-order valence-corrected chi connectivity index (χ0v) is 20.2. The van der Waals surface area contributed by atoms with Crippen LogP contribution in [-0.4, -0.2) is 43.2 Å². The van der Waals surface area contributed by atoms with Gasteiger partial charge in [0.25, 0.3) is 0 Å². The Balaban J connectivity index is 1.15. The summed E-state index contributed by atoms with van der Waals surface area (Å²) in [7, 11) is 4.02. The highest BCUT2D eigenvalue weighted by molar-refractivity contribution is 5.41. The first-order valence-electron chi connectivity index (χ1n) is 12.7. The van der Waals surface area contributed by atoms with Crippen LogP contribution in [0.25, 0.3) is 0 Å². The van der Waals surface area contributed by atoms with E-state index in [-0.39, 0.29) is 0 Å². The zero-order valence-electron chi connectivity index (χ0n) is 20.2. The SMILES string of the molecule is CN(C)c1ccnc(N[C@H]2CC[C@@H](CNCCCCCCCCc3ccccc3)CC2)n1. The van der Waals surface area contributed by atoms with Crippen LogP contribution in [0.2, 0.25) is 0 Å². The average molecular weight is 438 g/mol. The Morgan fingerprint density at radius 1 is 0.875 bits per heavy atom. The number of rotatable bonds is 14. The highest BCUT2D eigenvalue weighted by Gasteiger charge is 2.21.